The Morgan fingerprint density at radius 3 is 2.70 bits per heavy atom. The van der Waals surface area contributed by atoms with Gasteiger partial charge in [0.1, 0.15) is 6.54 Å². The SMILES string of the molecule is CCOC(=O)Cn1c(C)c(-c2nccc3ccccc23)c2cc(C)ccc21. The molecule has 2 aromatic heterocycles. The van der Waals surface area contributed by atoms with Gasteiger partial charge in [-0.3, -0.25) is 9.78 Å². The van der Waals surface area contributed by atoms with E-state index >= 15 is 0 Å². The second-order valence-electron chi connectivity index (χ2n) is 6.75. The third-order valence-corrected chi connectivity index (χ3v) is 4.98. The molecule has 0 radical (unpaired) electrons. The minimum atomic E-state index is -0.226. The highest BCUT2D eigenvalue weighted by atomic mass is 16.5. The van der Waals surface area contributed by atoms with E-state index in [1.54, 1.807) is 0 Å². The number of benzene rings is 2. The molecule has 4 aromatic rings. The van der Waals surface area contributed by atoms with Crippen molar-refractivity contribution in [3.05, 3.63) is 66.0 Å². The van der Waals surface area contributed by atoms with E-state index < -0.39 is 0 Å². The van der Waals surface area contributed by atoms with E-state index in [1.165, 1.54) is 5.56 Å². The van der Waals surface area contributed by atoms with E-state index in [1.807, 2.05) is 42.8 Å². The molecule has 0 aliphatic heterocycles. The number of hydrogen-bond donors (Lipinski definition) is 0. The van der Waals surface area contributed by atoms with Crippen molar-refractivity contribution in [2.24, 2.45) is 0 Å². The number of aryl methyl sites for hydroxylation is 1. The van der Waals surface area contributed by atoms with Gasteiger partial charge < -0.3 is 9.30 Å². The minimum Gasteiger partial charge on any atom is -0.465 e. The Balaban J connectivity index is 2.01. The van der Waals surface area contributed by atoms with Crippen molar-refractivity contribution in [3.63, 3.8) is 0 Å². The van der Waals surface area contributed by atoms with Crippen LogP contribution in [0.25, 0.3) is 32.9 Å². The van der Waals surface area contributed by atoms with Crippen molar-refractivity contribution in [3.8, 4) is 11.3 Å². The Morgan fingerprint density at radius 2 is 1.89 bits per heavy atom. The van der Waals surface area contributed by atoms with Gasteiger partial charge in [0.15, 0.2) is 0 Å². The van der Waals surface area contributed by atoms with Gasteiger partial charge in [0.25, 0.3) is 0 Å². The van der Waals surface area contributed by atoms with E-state index in [0.29, 0.717) is 6.61 Å². The summed E-state index contributed by atoms with van der Waals surface area (Å²) < 4.78 is 7.22. The number of aromatic nitrogens is 2. The minimum absolute atomic E-state index is 0.198. The molecule has 0 saturated carbocycles. The average molecular weight is 358 g/mol. The van der Waals surface area contributed by atoms with Crippen LogP contribution in [-0.2, 0) is 16.1 Å². The molecule has 0 spiro atoms. The molecule has 0 unspecified atom stereocenters. The lowest BCUT2D eigenvalue weighted by atomic mass is 10.0. The van der Waals surface area contributed by atoms with E-state index in [2.05, 4.69) is 37.3 Å². The third kappa shape index (κ3) is 2.97. The summed E-state index contributed by atoms with van der Waals surface area (Å²) in [5, 5.41) is 3.38. The van der Waals surface area contributed by atoms with Gasteiger partial charge in [-0.25, -0.2) is 0 Å². The highest BCUT2D eigenvalue weighted by Crippen LogP contribution is 2.37. The van der Waals surface area contributed by atoms with Crippen LogP contribution in [-0.4, -0.2) is 22.1 Å². The van der Waals surface area contributed by atoms with Crippen molar-refractivity contribution in [1.82, 2.24) is 9.55 Å². The predicted octanol–water partition coefficient (Wildman–Crippen LogP) is 5.04. The molecule has 0 amide bonds. The third-order valence-electron chi connectivity index (χ3n) is 4.98. The Morgan fingerprint density at radius 1 is 1.07 bits per heavy atom. The largest absolute Gasteiger partial charge is 0.465 e. The molecular formula is C23H22N2O2. The first-order valence-corrected chi connectivity index (χ1v) is 9.19. The Kier molecular flexibility index (Phi) is 4.40. The summed E-state index contributed by atoms with van der Waals surface area (Å²) in [5.74, 6) is -0.226. The van der Waals surface area contributed by atoms with Crippen molar-refractivity contribution < 1.29 is 9.53 Å². The fourth-order valence-electron chi connectivity index (χ4n) is 3.75. The summed E-state index contributed by atoms with van der Waals surface area (Å²) in [6, 6.07) is 16.6. The van der Waals surface area contributed by atoms with E-state index in [4.69, 9.17) is 9.72 Å². The van der Waals surface area contributed by atoms with Crippen molar-refractivity contribution in [2.75, 3.05) is 6.61 Å². The number of nitrogens with zero attached hydrogens (tertiary/aromatic N) is 2. The van der Waals surface area contributed by atoms with Crippen LogP contribution in [0.3, 0.4) is 0 Å². The van der Waals surface area contributed by atoms with Crippen LogP contribution in [0.1, 0.15) is 18.2 Å². The van der Waals surface area contributed by atoms with Gasteiger partial charge >= 0.3 is 5.97 Å². The molecule has 2 heterocycles. The molecule has 27 heavy (non-hydrogen) atoms. The van der Waals surface area contributed by atoms with Gasteiger partial charge in [-0.1, -0.05) is 35.9 Å². The number of hydrogen-bond acceptors (Lipinski definition) is 3. The molecule has 4 heteroatoms. The summed E-state index contributed by atoms with van der Waals surface area (Å²) in [6.45, 7) is 6.54. The molecule has 0 aliphatic carbocycles. The topological polar surface area (TPSA) is 44.1 Å². The molecule has 0 atom stereocenters. The first-order chi connectivity index (χ1) is 13.1. The fraction of sp³-hybridized carbons (Fsp3) is 0.217. The molecule has 2 aromatic carbocycles. The maximum atomic E-state index is 12.2. The van der Waals surface area contributed by atoms with E-state index in [0.717, 1.165) is 38.6 Å². The Hall–Kier alpha value is -3.14. The molecule has 4 nitrogen and oxygen atoms in total. The quantitative estimate of drug-likeness (QED) is 0.480. The van der Waals surface area contributed by atoms with E-state index in [-0.39, 0.29) is 12.5 Å². The van der Waals surface area contributed by atoms with Crippen LogP contribution in [0, 0.1) is 13.8 Å². The summed E-state index contributed by atoms with van der Waals surface area (Å²) >= 11 is 0. The maximum Gasteiger partial charge on any atom is 0.325 e. The van der Waals surface area contributed by atoms with Gasteiger partial charge in [-0.05, 0) is 44.4 Å². The lowest BCUT2D eigenvalue weighted by Crippen LogP contribution is -2.14. The van der Waals surface area contributed by atoms with Gasteiger partial charge in [0.2, 0.25) is 0 Å². The zero-order valence-corrected chi connectivity index (χ0v) is 15.8. The normalized spacial score (nSPS) is 11.2. The Labute approximate surface area is 158 Å². The number of esters is 1. The maximum absolute atomic E-state index is 12.2. The zero-order valence-electron chi connectivity index (χ0n) is 15.8. The van der Waals surface area contributed by atoms with Crippen molar-refractivity contribution >= 4 is 27.6 Å². The van der Waals surface area contributed by atoms with Gasteiger partial charge in [0, 0.05) is 33.7 Å². The molecular weight excluding hydrogens is 336 g/mol. The van der Waals surface area contributed by atoms with Crippen LogP contribution in [0.4, 0.5) is 0 Å². The summed E-state index contributed by atoms with van der Waals surface area (Å²) in [7, 11) is 0. The number of carbonyl (C=O) groups excluding carboxylic acids is 1. The van der Waals surface area contributed by atoms with Gasteiger partial charge in [-0.2, -0.15) is 0 Å². The summed E-state index contributed by atoms with van der Waals surface area (Å²) in [4.78, 5) is 16.9. The second-order valence-corrected chi connectivity index (χ2v) is 6.75. The molecule has 0 aliphatic rings. The van der Waals surface area contributed by atoms with Crippen LogP contribution >= 0.6 is 0 Å². The molecule has 0 saturated heterocycles. The van der Waals surface area contributed by atoms with E-state index in [9.17, 15) is 4.79 Å². The number of ether oxygens (including phenoxy) is 1. The van der Waals surface area contributed by atoms with Crippen molar-refractivity contribution in [2.45, 2.75) is 27.3 Å². The lowest BCUT2D eigenvalue weighted by Gasteiger charge is -2.09. The smallest absolute Gasteiger partial charge is 0.325 e. The first-order valence-electron chi connectivity index (χ1n) is 9.19. The Bertz CT molecular complexity index is 1150. The van der Waals surface area contributed by atoms with Crippen LogP contribution < -0.4 is 0 Å². The average Bonchev–Trinajstić information content (AvgIpc) is 2.92. The molecule has 0 N–H and O–H groups in total. The fourth-order valence-corrected chi connectivity index (χ4v) is 3.75. The van der Waals surface area contributed by atoms with Crippen LogP contribution in [0.5, 0.6) is 0 Å². The van der Waals surface area contributed by atoms with Crippen molar-refractivity contribution in [1.29, 1.82) is 0 Å². The highest BCUT2D eigenvalue weighted by molar-refractivity contribution is 6.05. The highest BCUT2D eigenvalue weighted by Gasteiger charge is 2.20. The van der Waals surface area contributed by atoms with Crippen LogP contribution in [0.2, 0.25) is 0 Å². The van der Waals surface area contributed by atoms with Gasteiger partial charge in [0.05, 0.1) is 12.3 Å². The zero-order chi connectivity index (χ0) is 19.0. The molecule has 0 fully saturated rings. The number of carbonyl (C=O) groups is 1. The predicted molar refractivity (Wildman–Crippen MR) is 109 cm³/mol. The lowest BCUT2D eigenvalue weighted by molar-refractivity contribution is -0.143. The molecule has 4 rings (SSSR count). The monoisotopic (exact) mass is 358 g/mol. The second kappa shape index (κ2) is 6.88. The van der Waals surface area contributed by atoms with Gasteiger partial charge in [-0.15, -0.1) is 0 Å². The first kappa shape index (κ1) is 17.3. The van der Waals surface area contributed by atoms with Crippen LogP contribution in [0.15, 0.2) is 54.7 Å². The standard InChI is InChI=1S/C23H22N2O2/c1-4-27-21(26)14-25-16(3)22(19-13-15(2)9-10-20(19)25)23-18-8-6-5-7-17(18)11-12-24-23/h5-13H,4,14H2,1-3H3. The molecule has 0 bridgehead atoms. The number of fused-ring (bicyclic) bond motifs is 2. The summed E-state index contributed by atoms with van der Waals surface area (Å²) in [5.41, 5.74) is 5.25. The summed E-state index contributed by atoms with van der Waals surface area (Å²) in [6.07, 6.45) is 1.85. The number of rotatable bonds is 4. The number of pyridine rings is 1. The molecule has 136 valence electrons.